The normalized spacial score (nSPS) is 11.4. The van der Waals surface area contributed by atoms with Gasteiger partial charge in [0.2, 0.25) is 0 Å². The smallest absolute Gasteiger partial charge is 0.163 e. The number of pyridine rings is 1. The molecule has 0 saturated heterocycles. The largest absolute Gasteiger partial charge is 0.383 e. The van der Waals surface area contributed by atoms with E-state index in [1.807, 2.05) is 41.9 Å². The van der Waals surface area contributed by atoms with Gasteiger partial charge in [-0.3, -0.25) is 0 Å². The zero-order chi connectivity index (χ0) is 20.0. The van der Waals surface area contributed by atoms with Crippen LogP contribution >= 0.6 is 0 Å². The molecule has 0 spiro atoms. The van der Waals surface area contributed by atoms with E-state index in [-0.39, 0.29) is 0 Å². The van der Waals surface area contributed by atoms with Crippen LogP contribution in [0.2, 0.25) is 0 Å². The number of para-hydroxylation sites is 1. The average Bonchev–Trinajstić information content (AvgIpc) is 3.04. The van der Waals surface area contributed by atoms with Crippen LogP contribution in [0.3, 0.4) is 0 Å². The van der Waals surface area contributed by atoms with Crippen LogP contribution in [0.4, 0.5) is 5.82 Å². The summed E-state index contributed by atoms with van der Waals surface area (Å²) in [5, 5.41) is 6.59. The summed E-state index contributed by atoms with van der Waals surface area (Å²) in [4.78, 5) is 13.5. The highest BCUT2D eigenvalue weighted by Gasteiger charge is 2.16. The number of nitrogens with zero attached hydrogens (tertiary/aromatic N) is 5. The van der Waals surface area contributed by atoms with Gasteiger partial charge in [0.05, 0.1) is 28.8 Å². The summed E-state index contributed by atoms with van der Waals surface area (Å²) >= 11 is 0. The molecule has 0 unspecified atom stereocenters. The Kier molecular flexibility index (Phi) is 3.98. The molecule has 5 aromatic rings. The molecule has 3 aromatic heterocycles. The molecule has 0 fully saturated rings. The van der Waals surface area contributed by atoms with Crippen LogP contribution in [0.15, 0.2) is 60.9 Å². The molecule has 142 valence electrons. The highest BCUT2D eigenvalue weighted by molar-refractivity contribution is 5.88. The molecule has 3 heterocycles. The number of hydrogen-bond donors (Lipinski definition) is 1. The Morgan fingerprint density at radius 3 is 2.62 bits per heavy atom. The van der Waals surface area contributed by atoms with Crippen molar-refractivity contribution in [1.82, 2.24) is 24.7 Å². The fourth-order valence-corrected chi connectivity index (χ4v) is 3.83. The first kappa shape index (κ1) is 17.3. The van der Waals surface area contributed by atoms with Crippen molar-refractivity contribution in [3.8, 4) is 11.3 Å². The molecule has 6 nitrogen and oxygen atoms in total. The minimum absolute atomic E-state index is 0.453. The van der Waals surface area contributed by atoms with E-state index in [1.54, 1.807) is 0 Å². The van der Waals surface area contributed by atoms with E-state index in [0.29, 0.717) is 12.4 Å². The van der Waals surface area contributed by atoms with Crippen molar-refractivity contribution in [2.45, 2.75) is 20.4 Å². The van der Waals surface area contributed by atoms with Crippen LogP contribution < -0.4 is 5.73 Å². The number of nitrogens with two attached hydrogens (primary N) is 1. The predicted molar refractivity (Wildman–Crippen MR) is 115 cm³/mol. The standard InChI is InChI=1S/C23H20N6/c1-14-7-3-5-9-18(14)21-17(11-16-8-4-6-10-19(16)27-21)12-29-23-20(15(2)28-29)22(24)25-13-26-23/h3-11,13H,12H2,1-2H3,(H2,24,25,26). The van der Waals surface area contributed by atoms with Crippen molar-refractivity contribution in [3.05, 3.63) is 77.7 Å². The first-order valence-electron chi connectivity index (χ1n) is 9.50. The lowest BCUT2D eigenvalue weighted by atomic mass is 9.99. The zero-order valence-corrected chi connectivity index (χ0v) is 16.3. The molecule has 2 N–H and O–H groups in total. The first-order chi connectivity index (χ1) is 14.1. The van der Waals surface area contributed by atoms with E-state index in [9.17, 15) is 0 Å². The molecule has 0 bridgehead atoms. The molecule has 0 aliphatic rings. The number of aromatic nitrogens is 5. The van der Waals surface area contributed by atoms with Gasteiger partial charge in [-0.15, -0.1) is 0 Å². The fraction of sp³-hybridized carbons (Fsp3) is 0.130. The average molecular weight is 380 g/mol. The van der Waals surface area contributed by atoms with Crippen molar-refractivity contribution >= 4 is 27.8 Å². The van der Waals surface area contributed by atoms with Crippen molar-refractivity contribution in [2.75, 3.05) is 5.73 Å². The van der Waals surface area contributed by atoms with Gasteiger partial charge in [-0.1, -0.05) is 42.5 Å². The summed E-state index contributed by atoms with van der Waals surface area (Å²) in [6, 6.07) is 18.7. The molecule has 2 aromatic carbocycles. The van der Waals surface area contributed by atoms with Gasteiger partial charge in [-0.2, -0.15) is 5.10 Å². The van der Waals surface area contributed by atoms with Crippen LogP contribution in [-0.4, -0.2) is 24.7 Å². The van der Waals surface area contributed by atoms with E-state index in [2.05, 4.69) is 46.3 Å². The van der Waals surface area contributed by atoms with Gasteiger partial charge < -0.3 is 5.73 Å². The van der Waals surface area contributed by atoms with E-state index in [1.165, 1.54) is 11.9 Å². The van der Waals surface area contributed by atoms with Crippen LogP contribution in [0.25, 0.3) is 33.2 Å². The number of benzene rings is 2. The molecule has 0 aliphatic heterocycles. The summed E-state index contributed by atoms with van der Waals surface area (Å²) < 4.78 is 1.89. The van der Waals surface area contributed by atoms with E-state index >= 15 is 0 Å². The van der Waals surface area contributed by atoms with Crippen LogP contribution in [0.5, 0.6) is 0 Å². The highest BCUT2D eigenvalue weighted by Crippen LogP contribution is 2.30. The van der Waals surface area contributed by atoms with Crippen molar-refractivity contribution in [3.63, 3.8) is 0 Å². The Bertz CT molecular complexity index is 1370. The van der Waals surface area contributed by atoms with Crippen molar-refractivity contribution in [2.24, 2.45) is 0 Å². The maximum absolute atomic E-state index is 6.06. The SMILES string of the molecule is Cc1ccccc1-c1nc2ccccc2cc1Cn1nc(C)c2c(N)ncnc21. The zero-order valence-electron chi connectivity index (χ0n) is 16.3. The third-order valence-electron chi connectivity index (χ3n) is 5.26. The second kappa shape index (κ2) is 6.67. The quantitative estimate of drug-likeness (QED) is 0.505. The lowest BCUT2D eigenvalue weighted by molar-refractivity contribution is 0.695. The number of anilines is 1. The summed E-state index contributed by atoms with van der Waals surface area (Å²) in [6.07, 6.45) is 1.48. The molecular weight excluding hydrogens is 360 g/mol. The van der Waals surface area contributed by atoms with Gasteiger partial charge in [0, 0.05) is 16.5 Å². The molecule has 0 aliphatic carbocycles. The maximum atomic E-state index is 6.06. The van der Waals surface area contributed by atoms with Gasteiger partial charge in [0.1, 0.15) is 12.1 Å². The number of aryl methyl sites for hydroxylation is 2. The predicted octanol–water partition coefficient (Wildman–Crippen LogP) is 4.29. The minimum Gasteiger partial charge on any atom is -0.383 e. The van der Waals surface area contributed by atoms with Crippen molar-refractivity contribution < 1.29 is 0 Å². The molecule has 0 atom stereocenters. The Hall–Kier alpha value is -3.80. The van der Waals surface area contributed by atoms with Gasteiger partial charge in [0.15, 0.2) is 5.65 Å². The molecule has 0 radical (unpaired) electrons. The lowest BCUT2D eigenvalue weighted by Crippen LogP contribution is -2.06. The fourth-order valence-electron chi connectivity index (χ4n) is 3.83. The summed E-state index contributed by atoms with van der Waals surface area (Å²) in [7, 11) is 0. The Labute approximate surface area is 168 Å². The van der Waals surface area contributed by atoms with E-state index in [4.69, 9.17) is 10.7 Å². The van der Waals surface area contributed by atoms with E-state index in [0.717, 1.165) is 44.5 Å². The summed E-state index contributed by atoms with van der Waals surface area (Å²) in [5.74, 6) is 0.453. The molecule has 29 heavy (non-hydrogen) atoms. The number of nitrogen functional groups attached to an aromatic ring is 1. The highest BCUT2D eigenvalue weighted by atomic mass is 15.3. The summed E-state index contributed by atoms with van der Waals surface area (Å²) in [6.45, 7) is 4.58. The van der Waals surface area contributed by atoms with Crippen LogP contribution in [0.1, 0.15) is 16.8 Å². The third-order valence-corrected chi connectivity index (χ3v) is 5.26. The second-order valence-corrected chi connectivity index (χ2v) is 7.20. The topological polar surface area (TPSA) is 82.5 Å². The summed E-state index contributed by atoms with van der Waals surface area (Å²) in [5.41, 5.74) is 12.9. The number of rotatable bonds is 3. The monoisotopic (exact) mass is 380 g/mol. The third kappa shape index (κ3) is 2.89. The molecule has 0 amide bonds. The Morgan fingerprint density at radius 1 is 0.966 bits per heavy atom. The minimum atomic E-state index is 0.453. The molecule has 6 heteroatoms. The first-order valence-corrected chi connectivity index (χ1v) is 9.50. The second-order valence-electron chi connectivity index (χ2n) is 7.20. The number of fused-ring (bicyclic) bond motifs is 2. The van der Waals surface area contributed by atoms with Gasteiger partial charge in [0.25, 0.3) is 0 Å². The Morgan fingerprint density at radius 2 is 1.76 bits per heavy atom. The molecular formula is C23H20N6. The van der Waals surface area contributed by atoms with Gasteiger partial charge in [-0.25, -0.2) is 19.6 Å². The molecule has 5 rings (SSSR count). The maximum Gasteiger partial charge on any atom is 0.163 e. The van der Waals surface area contributed by atoms with Crippen LogP contribution in [-0.2, 0) is 6.54 Å². The lowest BCUT2D eigenvalue weighted by Gasteiger charge is -2.13. The molecule has 0 saturated carbocycles. The van der Waals surface area contributed by atoms with Crippen LogP contribution in [0, 0.1) is 13.8 Å². The van der Waals surface area contributed by atoms with Gasteiger partial charge in [-0.05, 0) is 31.5 Å². The number of hydrogen-bond acceptors (Lipinski definition) is 5. The van der Waals surface area contributed by atoms with Crippen molar-refractivity contribution in [1.29, 1.82) is 0 Å². The Balaban J connectivity index is 1.74. The van der Waals surface area contributed by atoms with E-state index < -0.39 is 0 Å². The van der Waals surface area contributed by atoms with Gasteiger partial charge >= 0.3 is 0 Å².